The minimum absolute atomic E-state index is 0.00453. The van der Waals surface area contributed by atoms with Crippen LogP contribution in [0.2, 0.25) is 5.02 Å². The van der Waals surface area contributed by atoms with E-state index in [9.17, 15) is 13.2 Å². The first-order chi connectivity index (χ1) is 9.94. The third-order valence-corrected chi connectivity index (χ3v) is 4.39. The van der Waals surface area contributed by atoms with Crippen molar-refractivity contribution in [3.63, 3.8) is 0 Å². The molecule has 2 aromatic carbocycles. The van der Waals surface area contributed by atoms with Crippen molar-refractivity contribution in [2.24, 2.45) is 0 Å². The molecule has 0 bridgehead atoms. The van der Waals surface area contributed by atoms with Crippen molar-refractivity contribution >= 4 is 33.3 Å². The Hall–Kier alpha value is -2.05. The standard InChI is InChI=1S/C14H12ClNO4S/c1-20-14(17)12-9-11(7-8-13(12)15)21(18,19)16-10-5-3-2-4-6-10/h2-9,16H,1H3. The van der Waals surface area contributed by atoms with Gasteiger partial charge in [-0.15, -0.1) is 0 Å². The molecule has 2 aromatic rings. The number of halogens is 1. The summed E-state index contributed by atoms with van der Waals surface area (Å²) in [5.41, 5.74) is 0.419. The average molecular weight is 326 g/mol. The maximum Gasteiger partial charge on any atom is 0.339 e. The number of carbonyl (C=O) groups is 1. The number of sulfonamides is 1. The molecule has 0 atom stereocenters. The molecular weight excluding hydrogens is 314 g/mol. The van der Waals surface area contributed by atoms with Crippen LogP contribution in [0.3, 0.4) is 0 Å². The van der Waals surface area contributed by atoms with Crippen LogP contribution in [-0.2, 0) is 14.8 Å². The van der Waals surface area contributed by atoms with E-state index in [1.807, 2.05) is 0 Å². The normalized spacial score (nSPS) is 11.0. The SMILES string of the molecule is COC(=O)c1cc(S(=O)(=O)Nc2ccccc2)ccc1Cl. The van der Waals surface area contributed by atoms with E-state index in [1.54, 1.807) is 30.3 Å². The van der Waals surface area contributed by atoms with E-state index in [0.29, 0.717) is 5.69 Å². The molecule has 21 heavy (non-hydrogen) atoms. The van der Waals surface area contributed by atoms with E-state index in [4.69, 9.17) is 11.6 Å². The molecule has 5 nitrogen and oxygen atoms in total. The van der Waals surface area contributed by atoms with E-state index in [-0.39, 0.29) is 15.5 Å². The Balaban J connectivity index is 2.39. The van der Waals surface area contributed by atoms with Gasteiger partial charge in [-0.3, -0.25) is 4.72 Å². The highest BCUT2D eigenvalue weighted by Crippen LogP contribution is 2.23. The molecular formula is C14H12ClNO4S. The van der Waals surface area contributed by atoms with Gasteiger partial charge < -0.3 is 4.74 Å². The van der Waals surface area contributed by atoms with Crippen LogP contribution >= 0.6 is 11.6 Å². The highest BCUT2D eigenvalue weighted by atomic mass is 35.5. The molecule has 2 rings (SSSR count). The average Bonchev–Trinajstić information content (AvgIpc) is 2.47. The molecule has 0 unspecified atom stereocenters. The predicted octanol–water partition coefficient (Wildman–Crippen LogP) is 2.93. The molecule has 0 spiro atoms. The zero-order valence-electron chi connectivity index (χ0n) is 11.0. The van der Waals surface area contributed by atoms with Crippen LogP contribution in [0, 0.1) is 0 Å². The van der Waals surface area contributed by atoms with Crippen molar-refractivity contribution < 1.29 is 17.9 Å². The summed E-state index contributed by atoms with van der Waals surface area (Å²) >= 11 is 5.86. The number of nitrogens with one attached hydrogen (secondary N) is 1. The van der Waals surface area contributed by atoms with Gasteiger partial charge in [0.15, 0.2) is 0 Å². The molecule has 0 aromatic heterocycles. The first kappa shape index (κ1) is 15.3. The number of rotatable bonds is 4. The van der Waals surface area contributed by atoms with Crippen LogP contribution in [0.5, 0.6) is 0 Å². The largest absolute Gasteiger partial charge is 0.465 e. The van der Waals surface area contributed by atoms with Crippen molar-refractivity contribution in [1.29, 1.82) is 0 Å². The highest BCUT2D eigenvalue weighted by molar-refractivity contribution is 7.92. The van der Waals surface area contributed by atoms with Crippen molar-refractivity contribution in [1.82, 2.24) is 0 Å². The summed E-state index contributed by atoms with van der Waals surface area (Å²) in [5.74, 6) is -0.697. The maximum atomic E-state index is 12.3. The number of carbonyl (C=O) groups excluding carboxylic acids is 1. The molecule has 0 amide bonds. The molecule has 0 saturated carbocycles. The summed E-state index contributed by atoms with van der Waals surface area (Å²) in [6.07, 6.45) is 0. The van der Waals surface area contributed by atoms with Gasteiger partial charge in [0.1, 0.15) is 0 Å². The minimum Gasteiger partial charge on any atom is -0.465 e. The topological polar surface area (TPSA) is 72.5 Å². The maximum absolute atomic E-state index is 12.3. The predicted molar refractivity (Wildman–Crippen MR) is 80.0 cm³/mol. The van der Waals surface area contributed by atoms with Crippen LogP contribution in [0.25, 0.3) is 0 Å². The summed E-state index contributed by atoms with van der Waals surface area (Å²) in [5, 5.41) is 0.125. The fourth-order valence-corrected chi connectivity index (χ4v) is 2.94. The van der Waals surface area contributed by atoms with Gasteiger partial charge in [-0.2, -0.15) is 0 Å². The highest BCUT2D eigenvalue weighted by Gasteiger charge is 2.19. The molecule has 7 heteroatoms. The van der Waals surface area contributed by atoms with E-state index in [2.05, 4.69) is 9.46 Å². The van der Waals surface area contributed by atoms with Gasteiger partial charge in [-0.1, -0.05) is 29.8 Å². The molecule has 0 aliphatic carbocycles. The summed E-state index contributed by atoms with van der Waals surface area (Å²) in [6.45, 7) is 0. The quantitative estimate of drug-likeness (QED) is 0.877. The number of anilines is 1. The molecule has 1 N–H and O–H groups in total. The van der Waals surface area contributed by atoms with Crippen molar-refractivity contribution in [3.05, 3.63) is 59.1 Å². The Labute approximate surface area is 127 Å². The zero-order chi connectivity index (χ0) is 15.5. The summed E-state index contributed by atoms with van der Waals surface area (Å²) in [7, 11) is -2.61. The number of hydrogen-bond donors (Lipinski definition) is 1. The Morgan fingerprint density at radius 2 is 1.81 bits per heavy atom. The van der Waals surface area contributed by atoms with Crippen LogP contribution in [0.4, 0.5) is 5.69 Å². The number of methoxy groups -OCH3 is 1. The fraction of sp³-hybridized carbons (Fsp3) is 0.0714. The van der Waals surface area contributed by atoms with Gasteiger partial charge in [-0.05, 0) is 30.3 Å². The van der Waals surface area contributed by atoms with Crippen LogP contribution < -0.4 is 4.72 Å². The smallest absolute Gasteiger partial charge is 0.339 e. The molecule has 0 aliphatic rings. The van der Waals surface area contributed by atoms with Gasteiger partial charge in [0.05, 0.1) is 22.6 Å². The van der Waals surface area contributed by atoms with Gasteiger partial charge in [0.25, 0.3) is 10.0 Å². The lowest BCUT2D eigenvalue weighted by molar-refractivity contribution is 0.0600. The summed E-state index contributed by atoms with van der Waals surface area (Å²) in [4.78, 5) is 11.5. The van der Waals surface area contributed by atoms with E-state index in [0.717, 1.165) is 0 Å². The fourth-order valence-electron chi connectivity index (χ4n) is 1.66. The van der Waals surface area contributed by atoms with E-state index in [1.165, 1.54) is 25.3 Å². The second-order valence-electron chi connectivity index (χ2n) is 4.10. The molecule has 0 saturated heterocycles. The van der Waals surface area contributed by atoms with Gasteiger partial charge in [-0.25, -0.2) is 13.2 Å². The molecule has 0 fully saturated rings. The van der Waals surface area contributed by atoms with Gasteiger partial charge in [0.2, 0.25) is 0 Å². The Bertz CT molecular complexity index is 760. The molecule has 0 aliphatic heterocycles. The number of ether oxygens (including phenoxy) is 1. The van der Waals surface area contributed by atoms with Gasteiger partial charge >= 0.3 is 5.97 Å². The number of benzene rings is 2. The second kappa shape index (κ2) is 6.15. The van der Waals surface area contributed by atoms with Crippen LogP contribution in [0.1, 0.15) is 10.4 Å². The molecule has 0 radical (unpaired) electrons. The Morgan fingerprint density at radius 1 is 1.14 bits per heavy atom. The third kappa shape index (κ3) is 3.53. The number of para-hydroxylation sites is 1. The lowest BCUT2D eigenvalue weighted by Gasteiger charge is -2.09. The lowest BCUT2D eigenvalue weighted by atomic mass is 10.2. The second-order valence-corrected chi connectivity index (χ2v) is 6.19. The first-order valence-electron chi connectivity index (χ1n) is 5.90. The summed E-state index contributed by atoms with van der Waals surface area (Å²) in [6, 6.07) is 12.3. The van der Waals surface area contributed by atoms with Crippen molar-refractivity contribution in [2.75, 3.05) is 11.8 Å². The van der Waals surface area contributed by atoms with E-state index < -0.39 is 16.0 Å². The first-order valence-corrected chi connectivity index (χ1v) is 7.76. The minimum atomic E-state index is -3.81. The van der Waals surface area contributed by atoms with Crippen LogP contribution in [-0.4, -0.2) is 21.5 Å². The van der Waals surface area contributed by atoms with Crippen molar-refractivity contribution in [3.8, 4) is 0 Å². The number of esters is 1. The lowest BCUT2D eigenvalue weighted by Crippen LogP contribution is -2.14. The molecule has 110 valence electrons. The zero-order valence-corrected chi connectivity index (χ0v) is 12.6. The Kier molecular flexibility index (Phi) is 4.50. The third-order valence-electron chi connectivity index (χ3n) is 2.68. The molecule has 0 heterocycles. The van der Waals surface area contributed by atoms with Crippen LogP contribution in [0.15, 0.2) is 53.4 Å². The van der Waals surface area contributed by atoms with Gasteiger partial charge in [0, 0.05) is 5.69 Å². The van der Waals surface area contributed by atoms with Crippen molar-refractivity contribution in [2.45, 2.75) is 4.90 Å². The summed E-state index contributed by atoms with van der Waals surface area (Å²) < 4.78 is 31.5. The number of hydrogen-bond acceptors (Lipinski definition) is 4. The Morgan fingerprint density at radius 3 is 2.43 bits per heavy atom. The monoisotopic (exact) mass is 325 g/mol. The van der Waals surface area contributed by atoms with E-state index >= 15 is 0 Å².